The highest BCUT2D eigenvalue weighted by Gasteiger charge is 2.21. The van der Waals surface area contributed by atoms with E-state index in [1.165, 1.54) is 6.92 Å². The first-order chi connectivity index (χ1) is 6.88. The number of rotatable bonds is 6. The number of hydrogen-bond acceptors (Lipinski definition) is 4. The van der Waals surface area contributed by atoms with Gasteiger partial charge in [-0.1, -0.05) is 13.8 Å². The molecule has 0 heterocycles. The van der Waals surface area contributed by atoms with Crippen molar-refractivity contribution >= 4 is 12.2 Å². The number of nitrogens with two attached hydrogens (primary N) is 1. The molecule has 3 unspecified atom stereocenters. The van der Waals surface area contributed by atoms with Gasteiger partial charge < -0.3 is 16.2 Å². The summed E-state index contributed by atoms with van der Waals surface area (Å²) in [7, 11) is 0. The summed E-state index contributed by atoms with van der Waals surface area (Å²) >= 11 is 0. The summed E-state index contributed by atoms with van der Waals surface area (Å²) in [6.45, 7) is 5.31. The minimum atomic E-state index is -1.00. The van der Waals surface area contributed by atoms with Crippen molar-refractivity contribution in [3.63, 3.8) is 0 Å². The standard InChI is InChI=1S/C10H19N2O3/c1-6(2)4-8(11)10(15)12-9(5-13)7(3)14/h6-9,14H,4,11H2,1-3H3,(H,12,15). The maximum absolute atomic E-state index is 11.4. The predicted molar refractivity (Wildman–Crippen MR) is 56.7 cm³/mol. The lowest BCUT2D eigenvalue weighted by Gasteiger charge is -2.18. The second kappa shape index (κ2) is 6.53. The van der Waals surface area contributed by atoms with Gasteiger partial charge in [0.05, 0.1) is 12.1 Å². The van der Waals surface area contributed by atoms with Crippen LogP contribution in [0.5, 0.6) is 0 Å². The molecule has 0 aliphatic heterocycles. The fourth-order valence-corrected chi connectivity index (χ4v) is 1.12. The summed E-state index contributed by atoms with van der Waals surface area (Å²) < 4.78 is 0. The van der Waals surface area contributed by atoms with E-state index >= 15 is 0 Å². The van der Waals surface area contributed by atoms with E-state index in [-0.39, 0.29) is 0 Å². The predicted octanol–water partition coefficient (Wildman–Crippen LogP) is -0.665. The molecule has 0 spiro atoms. The molecule has 1 radical (unpaired) electrons. The van der Waals surface area contributed by atoms with Crippen LogP contribution in [0.1, 0.15) is 27.2 Å². The number of carbonyl (C=O) groups excluding carboxylic acids is 2. The molecule has 5 heteroatoms. The summed E-state index contributed by atoms with van der Waals surface area (Å²) in [5.74, 6) is -0.131. The van der Waals surface area contributed by atoms with E-state index in [2.05, 4.69) is 5.32 Å². The minimum Gasteiger partial charge on any atom is -0.391 e. The Labute approximate surface area is 90.0 Å². The topological polar surface area (TPSA) is 92.4 Å². The Kier molecular flexibility index (Phi) is 6.12. The van der Waals surface area contributed by atoms with Crippen molar-refractivity contribution in [1.29, 1.82) is 0 Å². The zero-order chi connectivity index (χ0) is 12.0. The minimum absolute atomic E-state index is 0.302. The molecule has 0 rings (SSSR count). The quantitative estimate of drug-likeness (QED) is 0.548. The van der Waals surface area contributed by atoms with Crippen molar-refractivity contribution in [3.8, 4) is 0 Å². The fourth-order valence-electron chi connectivity index (χ4n) is 1.12. The highest BCUT2D eigenvalue weighted by molar-refractivity contribution is 5.84. The van der Waals surface area contributed by atoms with Crippen molar-refractivity contribution in [3.05, 3.63) is 0 Å². The van der Waals surface area contributed by atoms with E-state index < -0.39 is 24.1 Å². The van der Waals surface area contributed by atoms with Crippen LogP contribution in [-0.4, -0.2) is 35.5 Å². The molecule has 0 bridgehead atoms. The van der Waals surface area contributed by atoms with Gasteiger partial charge in [0.25, 0.3) is 0 Å². The van der Waals surface area contributed by atoms with Crippen molar-refractivity contribution < 1.29 is 14.7 Å². The molecule has 4 N–H and O–H groups in total. The van der Waals surface area contributed by atoms with Gasteiger partial charge in [0.1, 0.15) is 6.04 Å². The van der Waals surface area contributed by atoms with Crippen molar-refractivity contribution in [2.24, 2.45) is 11.7 Å². The van der Waals surface area contributed by atoms with E-state index in [9.17, 15) is 9.59 Å². The number of aliphatic hydroxyl groups is 1. The zero-order valence-corrected chi connectivity index (χ0v) is 9.36. The monoisotopic (exact) mass is 215 g/mol. The van der Waals surface area contributed by atoms with E-state index in [4.69, 9.17) is 10.8 Å². The van der Waals surface area contributed by atoms with Crippen LogP contribution in [-0.2, 0) is 9.59 Å². The molecule has 3 atom stereocenters. The van der Waals surface area contributed by atoms with Gasteiger partial charge in [-0.15, -0.1) is 0 Å². The Balaban J connectivity index is 4.16. The molecular weight excluding hydrogens is 196 g/mol. The summed E-state index contributed by atoms with van der Waals surface area (Å²) in [4.78, 5) is 21.8. The van der Waals surface area contributed by atoms with Crippen molar-refractivity contribution in [2.45, 2.75) is 45.4 Å². The molecule has 5 nitrogen and oxygen atoms in total. The molecule has 0 aromatic heterocycles. The number of amides is 1. The Morgan fingerprint density at radius 3 is 2.33 bits per heavy atom. The average Bonchev–Trinajstić information content (AvgIpc) is 2.11. The second-order valence-electron chi connectivity index (χ2n) is 4.08. The molecule has 87 valence electrons. The van der Waals surface area contributed by atoms with E-state index in [0.717, 1.165) is 0 Å². The van der Waals surface area contributed by atoms with Crippen molar-refractivity contribution in [1.82, 2.24) is 5.32 Å². The lowest BCUT2D eigenvalue weighted by atomic mass is 10.0. The smallest absolute Gasteiger partial charge is 0.237 e. The molecule has 0 aliphatic rings. The van der Waals surface area contributed by atoms with Crippen LogP contribution in [0, 0.1) is 5.92 Å². The molecule has 0 saturated heterocycles. The number of hydrogen-bond donors (Lipinski definition) is 3. The van der Waals surface area contributed by atoms with Gasteiger partial charge in [-0.3, -0.25) is 9.59 Å². The van der Waals surface area contributed by atoms with E-state index in [1.807, 2.05) is 13.8 Å². The van der Waals surface area contributed by atoms with Gasteiger partial charge in [-0.2, -0.15) is 0 Å². The third-order valence-corrected chi connectivity index (χ3v) is 1.97. The first-order valence-electron chi connectivity index (χ1n) is 5.00. The molecule has 0 aromatic rings. The zero-order valence-electron chi connectivity index (χ0n) is 9.36. The van der Waals surface area contributed by atoms with Gasteiger partial charge in [0.2, 0.25) is 12.2 Å². The van der Waals surface area contributed by atoms with E-state index in [0.29, 0.717) is 12.3 Å². The van der Waals surface area contributed by atoms with Crippen LogP contribution < -0.4 is 11.1 Å². The highest BCUT2D eigenvalue weighted by atomic mass is 16.3. The third kappa shape index (κ3) is 5.49. The van der Waals surface area contributed by atoms with Crippen LogP contribution in [0.15, 0.2) is 0 Å². The van der Waals surface area contributed by atoms with Crippen LogP contribution in [0.4, 0.5) is 0 Å². The van der Waals surface area contributed by atoms with Gasteiger partial charge in [0.15, 0.2) is 0 Å². The maximum Gasteiger partial charge on any atom is 0.237 e. The second-order valence-corrected chi connectivity index (χ2v) is 4.08. The summed E-state index contributed by atoms with van der Waals surface area (Å²) in [5.41, 5.74) is 5.60. The summed E-state index contributed by atoms with van der Waals surface area (Å²) in [6, 6.07) is -1.66. The fraction of sp³-hybridized carbons (Fsp3) is 0.800. The van der Waals surface area contributed by atoms with Gasteiger partial charge in [-0.05, 0) is 19.3 Å². The highest BCUT2D eigenvalue weighted by Crippen LogP contribution is 2.03. The molecule has 1 amide bonds. The first-order valence-corrected chi connectivity index (χ1v) is 5.00. The maximum atomic E-state index is 11.4. The number of aliphatic hydroxyl groups excluding tert-OH is 1. The summed E-state index contributed by atoms with van der Waals surface area (Å²) in [6.07, 6.45) is 1.13. The molecular formula is C10H19N2O3. The third-order valence-electron chi connectivity index (χ3n) is 1.97. The molecule has 0 fully saturated rings. The lowest BCUT2D eigenvalue weighted by Crippen LogP contribution is -2.50. The van der Waals surface area contributed by atoms with Crippen LogP contribution in [0.25, 0.3) is 0 Å². The van der Waals surface area contributed by atoms with E-state index in [1.54, 1.807) is 6.29 Å². The molecule has 0 saturated carbocycles. The Hall–Kier alpha value is -0.940. The normalized spacial score (nSPS) is 16.9. The Bertz CT molecular complexity index is 217. The van der Waals surface area contributed by atoms with Crippen molar-refractivity contribution in [2.75, 3.05) is 0 Å². The van der Waals surface area contributed by atoms with Gasteiger partial charge >= 0.3 is 0 Å². The molecule has 0 aliphatic carbocycles. The first kappa shape index (κ1) is 14.1. The Morgan fingerprint density at radius 1 is 1.47 bits per heavy atom. The van der Waals surface area contributed by atoms with Gasteiger partial charge in [0, 0.05) is 0 Å². The average molecular weight is 215 g/mol. The molecule has 15 heavy (non-hydrogen) atoms. The van der Waals surface area contributed by atoms with Gasteiger partial charge in [-0.25, -0.2) is 0 Å². The van der Waals surface area contributed by atoms with Crippen LogP contribution in [0.2, 0.25) is 0 Å². The van der Waals surface area contributed by atoms with Crippen LogP contribution >= 0.6 is 0 Å². The molecule has 0 aromatic carbocycles. The summed E-state index contributed by atoms with van der Waals surface area (Å²) in [5, 5.41) is 11.4. The lowest BCUT2D eigenvalue weighted by molar-refractivity contribution is -0.123. The largest absolute Gasteiger partial charge is 0.391 e. The van der Waals surface area contributed by atoms with Crippen LogP contribution in [0.3, 0.4) is 0 Å². The number of carbonyl (C=O) groups is 1. The SMILES string of the molecule is CC(C)CC(N)C(=O)NC([C]=O)C(C)O. The number of nitrogens with one attached hydrogen (secondary N) is 1. The Morgan fingerprint density at radius 2 is 2.00 bits per heavy atom.